The molecule has 8 nitrogen and oxygen atoms in total. The van der Waals surface area contributed by atoms with Crippen molar-refractivity contribution in [3.05, 3.63) is 30.9 Å². The number of nitrogens with zero attached hydrogens (tertiary/aromatic N) is 6. The predicted molar refractivity (Wildman–Crippen MR) is 114 cm³/mol. The van der Waals surface area contributed by atoms with Gasteiger partial charge in [0.15, 0.2) is 5.82 Å². The zero-order chi connectivity index (χ0) is 20.5. The average Bonchev–Trinajstić information content (AvgIpc) is 3.28. The molecule has 0 atom stereocenters. The molecule has 3 aromatic rings. The third-order valence-corrected chi connectivity index (χ3v) is 7.08. The van der Waals surface area contributed by atoms with E-state index in [1.165, 1.54) is 0 Å². The highest BCUT2D eigenvalue weighted by atomic mass is 28.3. The maximum Gasteiger partial charge on any atom is 0.164 e. The molecule has 0 saturated carbocycles. The molecule has 4 rings (SSSR count). The zero-order valence-electron chi connectivity index (χ0n) is 17.2. The van der Waals surface area contributed by atoms with E-state index in [0.717, 1.165) is 42.3 Å². The van der Waals surface area contributed by atoms with E-state index in [1.807, 2.05) is 33.9 Å². The topological polar surface area (TPSA) is 93.6 Å². The molecule has 152 valence electrons. The first-order valence-electron chi connectivity index (χ1n) is 9.93. The van der Waals surface area contributed by atoms with Crippen molar-refractivity contribution < 1.29 is 4.74 Å². The van der Waals surface area contributed by atoms with Crippen LogP contribution in [0.2, 0.25) is 25.7 Å². The third-order valence-electron chi connectivity index (χ3n) is 5.37. The SMILES string of the molecule is C[Si](C)(C)CCOCn1ccc2cnc(-c3cnn(C4(CC#N)CNC4)c3)nc21. The van der Waals surface area contributed by atoms with Crippen molar-refractivity contribution in [1.29, 1.82) is 5.26 Å². The van der Waals surface area contributed by atoms with Crippen molar-refractivity contribution in [2.45, 2.75) is 44.4 Å². The Balaban J connectivity index is 1.53. The van der Waals surface area contributed by atoms with E-state index in [1.54, 1.807) is 6.20 Å². The van der Waals surface area contributed by atoms with Crippen molar-refractivity contribution in [1.82, 2.24) is 29.6 Å². The summed E-state index contributed by atoms with van der Waals surface area (Å²) >= 11 is 0. The molecule has 0 aliphatic carbocycles. The number of aromatic nitrogens is 5. The number of fused-ring (bicyclic) bond motifs is 1. The Kier molecular flexibility index (Phi) is 5.25. The van der Waals surface area contributed by atoms with Crippen LogP contribution in [0.25, 0.3) is 22.4 Å². The molecule has 0 spiro atoms. The second-order valence-electron chi connectivity index (χ2n) is 8.94. The lowest BCUT2D eigenvalue weighted by Crippen LogP contribution is -2.60. The van der Waals surface area contributed by atoms with Crippen LogP contribution in [0.4, 0.5) is 0 Å². The fourth-order valence-electron chi connectivity index (χ4n) is 3.38. The first-order valence-corrected chi connectivity index (χ1v) is 13.6. The summed E-state index contributed by atoms with van der Waals surface area (Å²) in [6.45, 7) is 9.80. The molecule has 0 radical (unpaired) electrons. The van der Waals surface area contributed by atoms with Gasteiger partial charge in [-0.3, -0.25) is 4.68 Å². The van der Waals surface area contributed by atoms with Crippen LogP contribution >= 0.6 is 0 Å². The van der Waals surface area contributed by atoms with Crippen LogP contribution in [-0.4, -0.2) is 52.1 Å². The van der Waals surface area contributed by atoms with Gasteiger partial charge in [0, 0.05) is 51.7 Å². The van der Waals surface area contributed by atoms with Crippen LogP contribution < -0.4 is 5.32 Å². The van der Waals surface area contributed by atoms with Gasteiger partial charge in [-0.2, -0.15) is 10.4 Å². The molecular weight excluding hydrogens is 382 g/mol. The highest BCUT2D eigenvalue weighted by molar-refractivity contribution is 6.76. The minimum atomic E-state index is -1.10. The van der Waals surface area contributed by atoms with Crippen molar-refractivity contribution in [2.24, 2.45) is 0 Å². The van der Waals surface area contributed by atoms with Crippen LogP contribution in [0.3, 0.4) is 0 Å². The van der Waals surface area contributed by atoms with Crippen LogP contribution in [0.5, 0.6) is 0 Å². The zero-order valence-corrected chi connectivity index (χ0v) is 18.2. The lowest BCUT2D eigenvalue weighted by molar-refractivity contribution is 0.0899. The van der Waals surface area contributed by atoms with Gasteiger partial charge in [0.1, 0.15) is 17.9 Å². The minimum absolute atomic E-state index is 0.262. The van der Waals surface area contributed by atoms with E-state index >= 15 is 0 Å². The summed E-state index contributed by atoms with van der Waals surface area (Å²) < 4.78 is 9.79. The number of ether oxygens (including phenoxy) is 1. The van der Waals surface area contributed by atoms with E-state index in [0.29, 0.717) is 19.0 Å². The Morgan fingerprint density at radius 3 is 2.83 bits per heavy atom. The Bertz CT molecular complexity index is 1040. The number of hydrogen-bond acceptors (Lipinski definition) is 6. The molecule has 9 heteroatoms. The number of hydrogen-bond donors (Lipinski definition) is 1. The van der Waals surface area contributed by atoms with Crippen LogP contribution in [-0.2, 0) is 17.0 Å². The highest BCUT2D eigenvalue weighted by Gasteiger charge is 2.39. The lowest BCUT2D eigenvalue weighted by Gasteiger charge is -2.41. The van der Waals surface area contributed by atoms with Crippen LogP contribution in [0.1, 0.15) is 6.42 Å². The fourth-order valence-corrected chi connectivity index (χ4v) is 4.14. The molecule has 1 N–H and O–H groups in total. The highest BCUT2D eigenvalue weighted by Crippen LogP contribution is 2.27. The Morgan fingerprint density at radius 1 is 1.31 bits per heavy atom. The van der Waals surface area contributed by atoms with Gasteiger partial charge < -0.3 is 14.6 Å². The first-order chi connectivity index (χ1) is 13.9. The van der Waals surface area contributed by atoms with Gasteiger partial charge in [-0.25, -0.2) is 9.97 Å². The van der Waals surface area contributed by atoms with Gasteiger partial charge in [0.05, 0.1) is 24.3 Å². The molecule has 0 unspecified atom stereocenters. The third kappa shape index (κ3) is 4.10. The largest absolute Gasteiger partial charge is 0.361 e. The van der Waals surface area contributed by atoms with Crippen molar-refractivity contribution in [3.8, 4) is 17.5 Å². The Morgan fingerprint density at radius 2 is 2.14 bits per heavy atom. The second-order valence-corrected chi connectivity index (χ2v) is 14.6. The summed E-state index contributed by atoms with van der Waals surface area (Å²) in [5, 5.41) is 17.9. The summed E-state index contributed by atoms with van der Waals surface area (Å²) in [6, 6.07) is 5.42. The van der Waals surface area contributed by atoms with Gasteiger partial charge in [-0.15, -0.1) is 0 Å². The van der Waals surface area contributed by atoms with Gasteiger partial charge >= 0.3 is 0 Å². The van der Waals surface area contributed by atoms with Crippen LogP contribution in [0.15, 0.2) is 30.9 Å². The van der Waals surface area contributed by atoms with Crippen molar-refractivity contribution in [3.63, 3.8) is 0 Å². The Hall–Kier alpha value is -2.54. The molecule has 4 heterocycles. The molecule has 0 aromatic carbocycles. The molecule has 0 amide bonds. The quantitative estimate of drug-likeness (QED) is 0.454. The first kappa shape index (κ1) is 19.8. The Labute approximate surface area is 171 Å². The smallest absolute Gasteiger partial charge is 0.164 e. The normalized spacial score (nSPS) is 15.9. The molecular formula is C20H27N7OSi. The number of rotatable bonds is 8. The van der Waals surface area contributed by atoms with E-state index in [2.05, 4.69) is 41.1 Å². The van der Waals surface area contributed by atoms with E-state index < -0.39 is 8.07 Å². The second kappa shape index (κ2) is 7.70. The number of nitriles is 1. The molecule has 1 saturated heterocycles. The van der Waals surface area contributed by atoms with E-state index in [9.17, 15) is 0 Å². The predicted octanol–water partition coefficient (Wildman–Crippen LogP) is 2.82. The molecule has 0 bridgehead atoms. The maximum atomic E-state index is 9.15. The number of nitrogens with one attached hydrogen (secondary N) is 1. The minimum Gasteiger partial charge on any atom is -0.361 e. The molecule has 1 fully saturated rings. The van der Waals surface area contributed by atoms with Gasteiger partial charge in [-0.1, -0.05) is 19.6 Å². The summed E-state index contributed by atoms with van der Waals surface area (Å²) in [5.41, 5.74) is 1.44. The molecule has 3 aromatic heterocycles. The summed E-state index contributed by atoms with van der Waals surface area (Å²) in [6.07, 6.45) is 7.97. The average molecular weight is 410 g/mol. The van der Waals surface area contributed by atoms with Crippen molar-refractivity contribution in [2.75, 3.05) is 19.7 Å². The molecule has 1 aliphatic heterocycles. The summed E-state index contributed by atoms with van der Waals surface area (Å²) in [7, 11) is -1.10. The lowest BCUT2D eigenvalue weighted by atomic mass is 9.89. The van der Waals surface area contributed by atoms with E-state index in [-0.39, 0.29) is 5.54 Å². The maximum absolute atomic E-state index is 9.15. The summed E-state index contributed by atoms with van der Waals surface area (Å²) in [4.78, 5) is 9.28. The van der Waals surface area contributed by atoms with E-state index in [4.69, 9.17) is 15.0 Å². The standard InChI is InChI=1S/C20H27N7OSi/c1-29(2,3)9-8-28-15-26-7-4-16-10-23-18(25-19(16)26)17-11-24-27(12-17)20(5-6-21)13-22-14-20/h4,7,10-12,22H,5,8-9,13-15H2,1-3H3. The van der Waals surface area contributed by atoms with Gasteiger partial charge in [0.25, 0.3) is 0 Å². The van der Waals surface area contributed by atoms with Gasteiger partial charge in [-0.05, 0) is 12.1 Å². The molecule has 1 aliphatic rings. The van der Waals surface area contributed by atoms with Crippen molar-refractivity contribution >= 4 is 19.1 Å². The fraction of sp³-hybridized carbons (Fsp3) is 0.500. The van der Waals surface area contributed by atoms with Crippen LogP contribution in [0, 0.1) is 11.3 Å². The monoisotopic (exact) mass is 409 g/mol. The molecule has 29 heavy (non-hydrogen) atoms. The van der Waals surface area contributed by atoms with Gasteiger partial charge in [0.2, 0.25) is 0 Å². The summed E-state index contributed by atoms with van der Waals surface area (Å²) in [5.74, 6) is 0.630.